The lowest BCUT2D eigenvalue weighted by Gasteiger charge is -2.14. The summed E-state index contributed by atoms with van der Waals surface area (Å²) in [7, 11) is 0. The summed E-state index contributed by atoms with van der Waals surface area (Å²) < 4.78 is 13.7. The van der Waals surface area contributed by atoms with Crippen molar-refractivity contribution in [2.24, 2.45) is 5.73 Å². The first kappa shape index (κ1) is 12.8. The molecule has 2 aromatic rings. The SMILES string of the molecule is NC(c1ccc(F)c(Br)c1)c1ccc2c(c1)CCC2. The highest BCUT2D eigenvalue weighted by Crippen LogP contribution is 2.28. The minimum atomic E-state index is -0.259. The first-order valence-electron chi connectivity index (χ1n) is 6.47. The second-order valence-corrected chi connectivity index (χ2v) is 5.89. The van der Waals surface area contributed by atoms with E-state index in [4.69, 9.17) is 5.73 Å². The van der Waals surface area contributed by atoms with Crippen molar-refractivity contribution in [1.82, 2.24) is 0 Å². The molecule has 0 saturated heterocycles. The van der Waals surface area contributed by atoms with Crippen LogP contribution < -0.4 is 5.73 Å². The number of hydrogen-bond acceptors (Lipinski definition) is 1. The van der Waals surface area contributed by atoms with Gasteiger partial charge in [-0.05, 0) is 69.6 Å². The maximum atomic E-state index is 13.3. The van der Waals surface area contributed by atoms with Crippen LogP contribution in [0, 0.1) is 5.82 Å². The molecule has 0 bridgehead atoms. The van der Waals surface area contributed by atoms with Crippen LogP contribution in [0.1, 0.15) is 34.7 Å². The van der Waals surface area contributed by atoms with Gasteiger partial charge in [0.15, 0.2) is 0 Å². The Balaban J connectivity index is 1.94. The lowest BCUT2D eigenvalue weighted by atomic mass is 9.96. The van der Waals surface area contributed by atoms with Crippen molar-refractivity contribution in [3.8, 4) is 0 Å². The maximum Gasteiger partial charge on any atom is 0.137 e. The quantitative estimate of drug-likeness (QED) is 0.885. The van der Waals surface area contributed by atoms with Gasteiger partial charge in [-0.1, -0.05) is 24.3 Å². The van der Waals surface area contributed by atoms with E-state index in [2.05, 4.69) is 34.1 Å². The first-order valence-corrected chi connectivity index (χ1v) is 7.26. The van der Waals surface area contributed by atoms with Crippen LogP contribution in [-0.2, 0) is 12.8 Å². The lowest BCUT2D eigenvalue weighted by molar-refractivity contribution is 0.619. The fourth-order valence-electron chi connectivity index (χ4n) is 2.68. The van der Waals surface area contributed by atoms with E-state index in [0.29, 0.717) is 4.47 Å². The van der Waals surface area contributed by atoms with Crippen molar-refractivity contribution < 1.29 is 4.39 Å². The number of benzene rings is 2. The molecule has 1 atom stereocenters. The molecule has 0 spiro atoms. The predicted molar refractivity (Wildman–Crippen MR) is 78.6 cm³/mol. The molecule has 3 heteroatoms. The molecule has 0 radical (unpaired) electrons. The first-order chi connectivity index (χ1) is 9.15. The summed E-state index contributed by atoms with van der Waals surface area (Å²) in [6.45, 7) is 0. The fourth-order valence-corrected chi connectivity index (χ4v) is 3.08. The van der Waals surface area contributed by atoms with Crippen molar-refractivity contribution in [1.29, 1.82) is 0 Å². The van der Waals surface area contributed by atoms with E-state index in [1.54, 1.807) is 12.1 Å². The average Bonchev–Trinajstić information content (AvgIpc) is 2.88. The van der Waals surface area contributed by atoms with E-state index in [1.807, 2.05) is 0 Å². The summed E-state index contributed by atoms with van der Waals surface area (Å²) in [6.07, 6.45) is 3.55. The van der Waals surface area contributed by atoms with Gasteiger partial charge in [-0.3, -0.25) is 0 Å². The zero-order chi connectivity index (χ0) is 13.4. The maximum absolute atomic E-state index is 13.3. The van der Waals surface area contributed by atoms with Crippen LogP contribution in [0.4, 0.5) is 4.39 Å². The Morgan fingerprint density at radius 3 is 2.47 bits per heavy atom. The summed E-state index contributed by atoms with van der Waals surface area (Å²) in [5, 5.41) is 0. The molecule has 0 aliphatic heterocycles. The van der Waals surface area contributed by atoms with Gasteiger partial charge in [0.25, 0.3) is 0 Å². The smallest absolute Gasteiger partial charge is 0.137 e. The predicted octanol–water partition coefficient (Wildman–Crippen LogP) is 4.13. The van der Waals surface area contributed by atoms with E-state index in [-0.39, 0.29) is 11.9 Å². The van der Waals surface area contributed by atoms with Crippen LogP contribution in [0.15, 0.2) is 40.9 Å². The number of hydrogen-bond donors (Lipinski definition) is 1. The Hall–Kier alpha value is -1.19. The van der Waals surface area contributed by atoms with Gasteiger partial charge in [-0.2, -0.15) is 0 Å². The van der Waals surface area contributed by atoms with Crippen molar-refractivity contribution in [3.63, 3.8) is 0 Å². The average molecular weight is 320 g/mol. The van der Waals surface area contributed by atoms with Crippen LogP contribution >= 0.6 is 15.9 Å². The van der Waals surface area contributed by atoms with Gasteiger partial charge in [0.1, 0.15) is 5.82 Å². The van der Waals surface area contributed by atoms with Crippen LogP contribution in [0.25, 0.3) is 0 Å². The summed E-state index contributed by atoms with van der Waals surface area (Å²) in [6, 6.07) is 11.2. The number of nitrogens with two attached hydrogens (primary N) is 1. The molecular weight excluding hydrogens is 305 g/mol. The third kappa shape index (κ3) is 2.45. The highest BCUT2D eigenvalue weighted by Gasteiger charge is 2.15. The van der Waals surface area contributed by atoms with Crippen LogP contribution in [-0.4, -0.2) is 0 Å². The summed E-state index contributed by atoms with van der Waals surface area (Å²) in [5.74, 6) is -0.259. The summed E-state index contributed by atoms with van der Waals surface area (Å²) >= 11 is 3.21. The van der Waals surface area contributed by atoms with Crippen molar-refractivity contribution >= 4 is 15.9 Å². The van der Waals surface area contributed by atoms with Crippen LogP contribution in [0.5, 0.6) is 0 Å². The van der Waals surface area contributed by atoms with E-state index < -0.39 is 0 Å². The van der Waals surface area contributed by atoms with E-state index in [0.717, 1.165) is 17.5 Å². The van der Waals surface area contributed by atoms with Crippen molar-refractivity contribution in [2.75, 3.05) is 0 Å². The normalized spacial score (nSPS) is 15.3. The zero-order valence-electron chi connectivity index (χ0n) is 10.5. The van der Waals surface area contributed by atoms with E-state index >= 15 is 0 Å². The van der Waals surface area contributed by atoms with Gasteiger partial charge in [0.05, 0.1) is 10.5 Å². The molecule has 1 unspecified atom stereocenters. The molecular formula is C16H15BrFN. The molecule has 2 aromatic carbocycles. The largest absolute Gasteiger partial charge is 0.320 e. The topological polar surface area (TPSA) is 26.0 Å². The summed E-state index contributed by atoms with van der Waals surface area (Å²) in [5.41, 5.74) is 11.2. The minimum Gasteiger partial charge on any atom is -0.320 e. The Kier molecular flexibility index (Phi) is 3.42. The molecule has 0 aromatic heterocycles. The standard InChI is InChI=1S/C16H15BrFN/c17-14-9-13(6-7-15(14)18)16(19)12-5-4-10-2-1-3-11(10)8-12/h4-9,16H,1-3,19H2. The lowest BCUT2D eigenvalue weighted by Crippen LogP contribution is -2.12. The van der Waals surface area contributed by atoms with Gasteiger partial charge in [0.2, 0.25) is 0 Å². The number of halogens is 2. The minimum absolute atomic E-state index is 0.206. The van der Waals surface area contributed by atoms with Crippen LogP contribution in [0.3, 0.4) is 0 Å². The molecule has 3 rings (SSSR count). The number of fused-ring (bicyclic) bond motifs is 1. The monoisotopic (exact) mass is 319 g/mol. The number of rotatable bonds is 2. The number of aryl methyl sites for hydroxylation is 2. The molecule has 0 amide bonds. The molecule has 0 fully saturated rings. The molecule has 0 saturated carbocycles. The van der Waals surface area contributed by atoms with Crippen molar-refractivity contribution in [3.05, 3.63) is 68.9 Å². The molecule has 19 heavy (non-hydrogen) atoms. The van der Waals surface area contributed by atoms with Gasteiger partial charge >= 0.3 is 0 Å². The fraction of sp³-hybridized carbons (Fsp3) is 0.250. The molecule has 98 valence electrons. The zero-order valence-corrected chi connectivity index (χ0v) is 12.1. The van der Waals surface area contributed by atoms with E-state index in [1.165, 1.54) is 30.0 Å². The Morgan fingerprint density at radius 2 is 1.68 bits per heavy atom. The van der Waals surface area contributed by atoms with Gasteiger partial charge in [0, 0.05) is 0 Å². The second-order valence-electron chi connectivity index (χ2n) is 5.03. The highest BCUT2D eigenvalue weighted by molar-refractivity contribution is 9.10. The highest BCUT2D eigenvalue weighted by atomic mass is 79.9. The Morgan fingerprint density at radius 1 is 1.00 bits per heavy atom. The van der Waals surface area contributed by atoms with Crippen LogP contribution in [0.2, 0.25) is 0 Å². The molecule has 1 nitrogen and oxygen atoms in total. The van der Waals surface area contributed by atoms with Gasteiger partial charge in [-0.15, -0.1) is 0 Å². The van der Waals surface area contributed by atoms with E-state index in [9.17, 15) is 4.39 Å². The molecule has 1 aliphatic carbocycles. The Labute approximate surface area is 120 Å². The van der Waals surface area contributed by atoms with Gasteiger partial charge in [-0.25, -0.2) is 4.39 Å². The Bertz CT molecular complexity index is 624. The molecule has 2 N–H and O–H groups in total. The van der Waals surface area contributed by atoms with Crippen molar-refractivity contribution in [2.45, 2.75) is 25.3 Å². The van der Waals surface area contributed by atoms with Gasteiger partial charge < -0.3 is 5.73 Å². The molecule has 0 heterocycles. The second kappa shape index (κ2) is 5.06. The summed E-state index contributed by atoms with van der Waals surface area (Å²) in [4.78, 5) is 0. The molecule has 1 aliphatic rings. The third-order valence-electron chi connectivity index (χ3n) is 3.78. The third-order valence-corrected chi connectivity index (χ3v) is 4.39.